The zero-order valence-electron chi connectivity index (χ0n) is 15.8. The first kappa shape index (κ1) is 19.4. The van der Waals surface area contributed by atoms with Gasteiger partial charge in [-0.2, -0.15) is 0 Å². The van der Waals surface area contributed by atoms with E-state index in [1.807, 2.05) is 0 Å². The van der Waals surface area contributed by atoms with E-state index in [9.17, 15) is 9.18 Å². The number of nitrogens with one attached hydrogen (secondary N) is 2. The maximum absolute atomic E-state index is 13.6. The Morgan fingerprint density at radius 1 is 1.27 bits per heavy atom. The van der Waals surface area contributed by atoms with Gasteiger partial charge in [0.25, 0.3) is 0 Å². The third-order valence-corrected chi connectivity index (χ3v) is 5.50. The molecule has 2 atom stereocenters. The lowest BCUT2D eigenvalue weighted by atomic mass is 9.98. The molecule has 1 heterocycles. The number of hydrogen-bond donors (Lipinski definition) is 2. The minimum Gasteiger partial charge on any atom is -0.373 e. The summed E-state index contributed by atoms with van der Waals surface area (Å²) in [4.78, 5) is 15.3. The van der Waals surface area contributed by atoms with Gasteiger partial charge in [0.15, 0.2) is 0 Å². The van der Waals surface area contributed by atoms with Gasteiger partial charge in [-0.05, 0) is 77.1 Å². The summed E-state index contributed by atoms with van der Waals surface area (Å²) in [6.45, 7) is 8.57. The van der Waals surface area contributed by atoms with Crippen molar-refractivity contribution in [1.29, 1.82) is 0 Å². The molecule has 1 aromatic carbocycles. The quantitative estimate of drug-likeness (QED) is 0.808. The van der Waals surface area contributed by atoms with Crippen LogP contribution in [0.15, 0.2) is 18.2 Å². The van der Waals surface area contributed by atoms with Crippen LogP contribution in [0.25, 0.3) is 0 Å². The highest BCUT2D eigenvalue weighted by Gasteiger charge is 2.38. The van der Waals surface area contributed by atoms with Gasteiger partial charge in [0.05, 0.1) is 0 Å². The maximum Gasteiger partial charge on any atom is 0.243 e. The highest BCUT2D eigenvalue weighted by molar-refractivity contribution is 6.30. The Hall–Kier alpha value is -1.33. The number of nitrogens with zero attached hydrogens (tertiary/aromatic N) is 1. The van der Waals surface area contributed by atoms with Gasteiger partial charge in [-0.25, -0.2) is 4.39 Å². The Labute approximate surface area is 160 Å². The van der Waals surface area contributed by atoms with Crippen molar-refractivity contribution >= 4 is 23.2 Å². The second kappa shape index (κ2) is 7.73. The zero-order chi connectivity index (χ0) is 18.9. The van der Waals surface area contributed by atoms with Crippen molar-refractivity contribution in [2.75, 3.05) is 18.4 Å². The van der Waals surface area contributed by atoms with Crippen LogP contribution >= 0.6 is 11.6 Å². The lowest BCUT2D eigenvalue weighted by molar-refractivity contribution is -0.123. The van der Waals surface area contributed by atoms with Gasteiger partial charge >= 0.3 is 0 Å². The lowest BCUT2D eigenvalue weighted by Crippen LogP contribution is -2.55. The first-order valence-electron chi connectivity index (χ1n) is 9.50. The van der Waals surface area contributed by atoms with Gasteiger partial charge in [-0.1, -0.05) is 11.6 Å². The molecule has 2 fully saturated rings. The summed E-state index contributed by atoms with van der Waals surface area (Å²) < 4.78 is 13.6. The second-order valence-corrected chi connectivity index (χ2v) is 9.02. The van der Waals surface area contributed by atoms with Crippen LogP contribution in [0.5, 0.6) is 0 Å². The van der Waals surface area contributed by atoms with Crippen molar-refractivity contribution in [2.45, 2.75) is 64.1 Å². The minimum atomic E-state index is -0.400. The minimum absolute atomic E-state index is 0.00800. The van der Waals surface area contributed by atoms with E-state index < -0.39 is 5.82 Å². The van der Waals surface area contributed by atoms with E-state index in [0.717, 1.165) is 38.8 Å². The Morgan fingerprint density at radius 2 is 2.00 bits per heavy atom. The number of hydrogen-bond acceptors (Lipinski definition) is 3. The molecule has 0 spiro atoms. The molecule has 26 heavy (non-hydrogen) atoms. The fourth-order valence-electron chi connectivity index (χ4n) is 3.64. The highest BCUT2D eigenvalue weighted by Crippen LogP contribution is 2.35. The predicted molar refractivity (Wildman–Crippen MR) is 104 cm³/mol. The van der Waals surface area contributed by atoms with Gasteiger partial charge in [-0.15, -0.1) is 0 Å². The van der Waals surface area contributed by atoms with Crippen LogP contribution in [0, 0.1) is 11.7 Å². The molecule has 1 saturated heterocycles. The summed E-state index contributed by atoms with van der Waals surface area (Å²) >= 11 is 5.94. The monoisotopic (exact) mass is 381 g/mol. The molecule has 0 unspecified atom stereocenters. The molecule has 1 amide bonds. The summed E-state index contributed by atoms with van der Waals surface area (Å²) in [5.74, 6) is -0.0870. The molecule has 1 saturated carbocycles. The van der Waals surface area contributed by atoms with Gasteiger partial charge < -0.3 is 10.6 Å². The standard InChI is InChI=1S/C20H29ClFN3O/c1-20(2,3)25-8-4-5-16(12-25)24-19(26)18(13-6-7-13)23-17-10-14(21)9-15(22)11-17/h9-11,13,16,18,23H,4-8,12H2,1-3H3,(H,24,26)/t16-,18-/m1/s1. The Bertz CT molecular complexity index is 637. The number of carbonyl (C=O) groups is 1. The number of carbonyl (C=O) groups excluding carboxylic acids is 1. The number of piperidine rings is 1. The Balaban J connectivity index is 1.64. The van der Waals surface area contributed by atoms with E-state index in [-0.39, 0.29) is 23.5 Å². The largest absolute Gasteiger partial charge is 0.373 e. The highest BCUT2D eigenvalue weighted by atomic mass is 35.5. The van der Waals surface area contributed by atoms with E-state index >= 15 is 0 Å². The van der Waals surface area contributed by atoms with Crippen molar-refractivity contribution < 1.29 is 9.18 Å². The normalized spacial score (nSPS) is 22.7. The fourth-order valence-corrected chi connectivity index (χ4v) is 3.86. The first-order chi connectivity index (χ1) is 12.2. The van der Waals surface area contributed by atoms with E-state index in [1.165, 1.54) is 12.1 Å². The topological polar surface area (TPSA) is 44.4 Å². The molecule has 0 radical (unpaired) electrons. The van der Waals surface area contributed by atoms with E-state index in [0.29, 0.717) is 16.6 Å². The van der Waals surface area contributed by atoms with Crippen molar-refractivity contribution in [3.05, 3.63) is 29.0 Å². The molecule has 1 aliphatic carbocycles. The molecule has 1 aliphatic heterocycles. The number of anilines is 1. The van der Waals surface area contributed by atoms with Crippen LogP contribution in [0.4, 0.5) is 10.1 Å². The third-order valence-electron chi connectivity index (χ3n) is 5.28. The molecule has 0 bridgehead atoms. The summed E-state index contributed by atoms with van der Waals surface area (Å²) in [6.07, 6.45) is 4.13. The van der Waals surface area contributed by atoms with Crippen LogP contribution in [0.1, 0.15) is 46.5 Å². The summed E-state index contributed by atoms with van der Waals surface area (Å²) in [7, 11) is 0. The van der Waals surface area contributed by atoms with Crippen LogP contribution < -0.4 is 10.6 Å². The molecule has 2 aliphatic rings. The van der Waals surface area contributed by atoms with Crippen LogP contribution in [0.2, 0.25) is 5.02 Å². The van der Waals surface area contributed by atoms with Crippen molar-refractivity contribution in [1.82, 2.24) is 10.2 Å². The molecule has 6 heteroatoms. The van der Waals surface area contributed by atoms with Crippen molar-refractivity contribution in [3.8, 4) is 0 Å². The number of amides is 1. The summed E-state index contributed by atoms with van der Waals surface area (Å²) in [5, 5.41) is 6.75. The lowest BCUT2D eigenvalue weighted by Gasteiger charge is -2.42. The number of halogens is 2. The SMILES string of the molecule is CC(C)(C)N1CCC[C@@H](NC(=O)[C@H](Nc2cc(F)cc(Cl)c2)C2CC2)C1. The molecule has 2 N–H and O–H groups in total. The molecule has 0 aromatic heterocycles. The molecule has 3 rings (SSSR count). The average Bonchev–Trinajstić information content (AvgIpc) is 3.35. The van der Waals surface area contributed by atoms with Crippen LogP contribution in [-0.4, -0.2) is 41.5 Å². The van der Waals surface area contributed by atoms with Gasteiger partial charge in [0.2, 0.25) is 5.91 Å². The Morgan fingerprint density at radius 3 is 2.62 bits per heavy atom. The van der Waals surface area contributed by atoms with Gasteiger partial charge in [-0.3, -0.25) is 9.69 Å². The molecular formula is C20H29ClFN3O. The van der Waals surface area contributed by atoms with Crippen LogP contribution in [0.3, 0.4) is 0 Å². The Kier molecular flexibility index (Phi) is 5.78. The van der Waals surface area contributed by atoms with Crippen molar-refractivity contribution in [3.63, 3.8) is 0 Å². The maximum atomic E-state index is 13.6. The van der Waals surface area contributed by atoms with Gasteiger partial charge in [0, 0.05) is 28.8 Å². The molecular weight excluding hydrogens is 353 g/mol. The third kappa shape index (κ3) is 5.10. The molecule has 1 aromatic rings. The fraction of sp³-hybridized carbons (Fsp3) is 0.650. The smallest absolute Gasteiger partial charge is 0.243 e. The van der Waals surface area contributed by atoms with E-state index in [4.69, 9.17) is 11.6 Å². The summed E-state index contributed by atoms with van der Waals surface area (Å²) in [5.41, 5.74) is 0.664. The first-order valence-corrected chi connectivity index (χ1v) is 9.88. The number of likely N-dealkylation sites (tertiary alicyclic amines) is 1. The second-order valence-electron chi connectivity index (χ2n) is 8.58. The van der Waals surface area contributed by atoms with E-state index in [1.54, 1.807) is 6.07 Å². The number of benzene rings is 1. The average molecular weight is 382 g/mol. The number of rotatable bonds is 5. The predicted octanol–water partition coefficient (Wildman–Crippen LogP) is 4.05. The summed E-state index contributed by atoms with van der Waals surface area (Å²) in [6, 6.07) is 4.14. The molecule has 144 valence electrons. The van der Waals surface area contributed by atoms with Gasteiger partial charge in [0.1, 0.15) is 11.9 Å². The molecule has 4 nitrogen and oxygen atoms in total. The zero-order valence-corrected chi connectivity index (χ0v) is 16.6. The van der Waals surface area contributed by atoms with Crippen molar-refractivity contribution in [2.24, 2.45) is 5.92 Å². The van der Waals surface area contributed by atoms with Crippen LogP contribution in [-0.2, 0) is 4.79 Å². The van der Waals surface area contributed by atoms with E-state index in [2.05, 4.69) is 36.3 Å².